The molecule has 0 aromatic rings. The van der Waals surface area contributed by atoms with Crippen molar-refractivity contribution in [2.24, 2.45) is 0 Å². The Balaban J connectivity index is 2.09. The maximum atomic E-state index is 9.15. The second-order valence-electron chi connectivity index (χ2n) is 5.00. The zero-order chi connectivity index (χ0) is 11.3. The molecule has 0 saturated carbocycles. The summed E-state index contributed by atoms with van der Waals surface area (Å²) in [6.07, 6.45) is 3.19. The Labute approximate surface area is 93.9 Å². The number of nitrogens with zero attached hydrogens (tertiary/aromatic N) is 1. The van der Waals surface area contributed by atoms with E-state index >= 15 is 0 Å². The van der Waals surface area contributed by atoms with Crippen LogP contribution in [0, 0.1) is 0 Å². The molecular formula is C12H26N2O. The zero-order valence-electron chi connectivity index (χ0n) is 10.4. The van der Waals surface area contributed by atoms with Crippen molar-refractivity contribution < 1.29 is 5.11 Å². The molecule has 0 amide bonds. The van der Waals surface area contributed by atoms with Crippen LogP contribution in [0.2, 0.25) is 0 Å². The van der Waals surface area contributed by atoms with E-state index < -0.39 is 0 Å². The van der Waals surface area contributed by atoms with E-state index in [0.29, 0.717) is 12.1 Å². The number of rotatable bonds is 5. The van der Waals surface area contributed by atoms with Crippen molar-refractivity contribution in [3.63, 3.8) is 0 Å². The van der Waals surface area contributed by atoms with Crippen LogP contribution in [0.25, 0.3) is 0 Å². The summed E-state index contributed by atoms with van der Waals surface area (Å²) in [6.45, 7) is 9.75. The Morgan fingerprint density at radius 3 is 2.33 bits per heavy atom. The normalized spacial score (nSPS) is 22.2. The van der Waals surface area contributed by atoms with Crippen molar-refractivity contribution in [3.8, 4) is 0 Å². The van der Waals surface area contributed by atoms with Crippen LogP contribution in [0.15, 0.2) is 0 Å². The third-order valence-corrected chi connectivity index (χ3v) is 3.25. The topological polar surface area (TPSA) is 35.5 Å². The summed E-state index contributed by atoms with van der Waals surface area (Å²) in [6, 6.07) is 1.35. The molecule has 1 fully saturated rings. The molecule has 1 heterocycles. The van der Waals surface area contributed by atoms with E-state index in [1.54, 1.807) is 0 Å². The molecule has 3 nitrogen and oxygen atoms in total. The van der Waals surface area contributed by atoms with Crippen LogP contribution in [0.3, 0.4) is 0 Å². The summed E-state index contributed by atoms with van der Waals surface area (Å²) in [7, 11) is 0. The lowest BCUT2D eigenvalue weighted by molar-refractivity contribution is 0.153. The Morgan fingerprint density at radius 2 is 1.87 bits per heavy atom. The van der Waals surface area contributed by atoms with E-state index in [1.807, 2.05) is 6.92 Å². The van der Waals surface area contributed by atoms with Gasteiger partial charge in [-0.3, -0.25) is 0 Å². The lowest BCUT2D eigenvalue weighted by atomic mass is 10.0. The second-order valence-corrected chi connectivity index (χ2v) is 5.00. The maximum absolute atomic E-state index is 9.15. The second kappa shape index (κ2) is 6.46. The average Bonchev–Trinajstić information content (AvgIpc) is 2.18. The van der Waals surface area contributed by atoms with Crippen molar-refractivity contribution in [1.29, 1.82) is 0 Å². The number of aliphatic hydroxyl groups is 1. The molecule has 2 N–H and O–H groups in total. The van der Waals surface area contributed by atoms with Crippen molar-refractivity contribution in [1.82, 2.24) is 10.2 Å². The van der Waals surface area contributed by atoms with Crippen LogP contribution in [-0.2, 0) is 0 Å². The van der Waals surface area contributed by atoms with Gasteiger partial charge in [-0.25, -0.2) is 0 Å². The lowest BCUT2D eigenvalue weighted by Crippen LogP contribution is -2.45. The fourth-order valence-electron chi connectivity index (χ4n) is 2.12. The summed E-state index contributed by atoms with van der Waals surface area (Å²) < 4.78 is 0. The van der Waals surface area contributed by atoms with Gasteiger partial charge >= 0.3 is 0 Å². The van der Waals surface area contributed by atoms with Gasteiger partial charge < -0.3 is 15.3 Å². The number of nitrogens with one attached hydrogen (secondary N) is 1. The first-order chi connectivity index (χ1) is 7.09. The highest BCUT2D eigenvalue weighted by Crippen LogP contribution is 2.12. The standard InChI is InChI=1S/C12H26N2O/c1-10(2)14-8-5-12(6-9-14)13-7-4-11(3)15/h10-13,15H,4-9H2,1-3H3/t11-/m0/s1. The van der Waals surface area contributed by atoms with Crippen molar-refractivity contribution in [2.75, 3.05) is 19.6 Å². The molecule has 1 atom stereocenters. The first-order valence-corrected chi connectivity index (χ1v) is 6.25. The Hall–Kier alpha value is -0.120. The summed E-state index contributed by atoms with van der Waals surface area (Å²) in [5, 5.41) is 12.7. The monoisotopic (exact) mass is 214 g/mol. The predicted octanol–water partition coefficient (Wildman–Crippen LogP) is 1.22. The number of piperidine rings is 1. The highest BCUT2D eigenvalue weighted by Gasteiger charge is 2.19. The van der Waals surface area contributed by atoms with Crippen molar-refractivity contribution in [2.45, 2.75) is 58.2 Å². The van der Waals surface area contributed by atoms with E-state index in [1.165, 1.54) is 25.9 Å². The van der Waals surface area contributed by atoms with E-state index in [-0.39, 0.29) is 6.10 Å². The van der Waals surface area contributed by atoms with Gasteiger partial charge in [-0.1, -0.05) is 0 Å². The minimum Gasteiger partial charge on any atom is -0.393 e. The molecule has 0 unspecified atom stereocenters. The summed E-state index contributed by atoms with van der Waals surface area (Å²) in [5.41, 5.74) is 0. The molecule has 1 saturated heterocycles. The number of likely N-dealkylation sites (tertiary alicyclic amines) is 1. The third-order valence-electron chi connectivity index (χ3n) is 3.25. The van der Waals surface area contributed by atoms with Crippen LogP contribution >= 0.6 is 0 Å². The van der Waals surface area contributed by atoms with Gasteiger partial charge in [0.2, 0.25) is 0 Å². The smallest absolute Gasteiger partial charge is 0.0524 e. The van der Waals surface area contributed by atoms with Gasteiger partial charge in [0, 0.05) is 12.1 Å². The number of hydrogen-bond donors (Lipinski definition) is 2. The summed E-state index contributed by atoms with van der Waals surface area (Å²) in [4.78, 5) is 2.53. The highest BCUT2D eigenvalue weighted by molar-refractivity contribution is 4.78. The molecule has 0 aromatic carbocycles. The van der Waals surface area contributed by atoms with Crippen molar-refractivity contribution >= 4 is 0 Å². The van der Waals surface area contributed by atoms with Crippen LogP contribution in [0.1, 0.15) is 40.0 Å². The van der Waals surface area contributed by atoms with Gasteiger partial charge in [0.15, 0.2) is 0 Å². The maximum Gasteiger partial charge on any atom is 0.0524 e. The molecular weight excluding hydrogens is 188 g/mol. The number of aliphatic hydroxyl groups excluding tert-OH is 1. The van der Waals surface area contributed by atoms with Gasteiger partial charge in [-0.05, 0) is 59.7 Å². The van der Waals surface area contributed by atoms with Gasteiger partial charge in [-0.2, -0.15) is 0 Å². The Morgan fingerprint density at radius 1 is 1.27 bits per heavy atom. The Kier molecular flexibility index (Phi) is 5.58. The fraction of sp³-hybridized carbons (Fsp3) is 1.00. The molecule has 90 valence electrons. The minimum absolute atomic E-state index is 0.173. The van der Waals surface area contributed by atoms with Gasteiger partial charge in [0.05, 0.1) is 6.10 Å². The first kappa shape index (κ1) is 12.9. The largest absolute Gasteiger partial charge is 0.393 e. The molecule has 3 heteroatoms. The predicted molar refractivity (Wildman–Crippen MR) is 64.0 cm³/mol. The van der Waals surface area contributed by atoms with Crippen LogP contribution in [0.5, 0.6) is 0 Å². The minimum atomic E-state index is -0.173. The van der Waals surface area contributed by atoms with E-state index in [2.05, 4.69) is 24.1 Å². The third kappa shape index (κ3) is 4.96. The lowest BCUT2D eigenvalue weighted by Gasteiger charge is -2.35. The van der Waals surface area contributed by atoms with E-state index in [4.69, 9.17) is 5.11 Å². The molecule has 0 aliphatic carbocycles. The van der Waals surface area contributed by atoms with E-state index in [9.17, 15) is 0 Å². The fourth-order valence-corrected chi connectivity index (χ4v) is 2.12. The first-order valence-electron chi connectivity index (χ1n) is 6.25. The average molecular weight is 214 g/mol. The molecule has 1 aliphatic rings. The molecule has 0 spiro atoms. The molecule has 0 radical (unpaired) electrons. The van der Waals surface area contributed by atoms with Gasteiger partial charge in [-0.15, -0.1) is 0 Å². The van der Waals surface area contributed by atoms with Crippen LogP contribution < -0.4 is 5.32 Å². The van der Waals surface area contributed by atoms with Crippen LogP contribution in [0.4, 0.5) is 0 Å². The molecule has 1 rings (SSSR count). The molecule has 1 aliphatic heterocycles. The molecule has 15 heavy (non-hydrogen) atoms. The quantitative estimate of drug-likeness (QED) is 0.722. The van der Waals surface area contributed by atoms with Gasteiger partial charge in [0.25, 0.3) is 0 Å². The zero-order valence-corrected chi connectivity index (χ0v) is 10.4. The summed E-state index contributed by atoms with van der Waals surface area (Å²) in [5.74, 6) is 0. The summed E-state index contributed by atoms with van der Waals surface area (Å²) >= 11 is 0. The highest BCUT2D eigenvalue weighted by atomic mass is 16.3. The molecule has 0 bridgehead atoms. The number of hydrogen-bond acceptors (Lipinski definition) is 3. The molecule has 0 aromatic heterocycles. The van der Waals surface area contributed by atoms with Gasteiger partial charge in [0.1, 0.15) is 0 Å². The SMILES string of the molecule is CC(C)N1CCC(NCC[C@H](C)O)CC1. The Bertz CT molecular complexity index is 160. The van der Waals surface area contributed by atoms with E-state index in [0.717, 1.165) is 13.0 Å². The van der Waals surface area contributed by atoms with Crippen LogP contribution in [-0.4, -0.2) is 47.8 Å². The van der Waals surface area contributed by atoms with Crippen molar-refractivity contribution in [3.05, 3.63) is 0 Å².